The highest BCUT2D eigenvalue weighted by molar-refractivity contribution is 5.87. The van der Waals surface area contributed by atoms with Gasteiger partial charge in [0.05, 0.1) is 11.8 Å². The fraction of sp³-hybridized carbons (Fsp3) is 0.143. The van der Waals surface area contributed by atoms with Crippen LogP contribution in [0.3, 0.4) is 0 Å². The summed E-state index contributed by atoms with van der Waals surface area (Å²) in [5.74, 6) is -1.33. The number of carboxylic acids is 1. The molecular formula is C14H11N3O3. The van der Waals surface area contributed by atoms with Gasteiger partial charge >= 0.3 is 5.97 Å². The molecule has 6 heteroatoms. The van der Waals surface area contributed by atoms with Crippen molar-refractivity contribution in [2.75, 3.05) is 0 Å². The second-order valence-corrected chi connectivity index (χ2v) is 4.20. The molecule has 0 bridgehead atoms. The van der Waals surface area contributed by atoms with Gasteiger partial charge in [0.25, 0.3) is 5.56 Å². The van der Waals surface area contributed by atoms with Gasteiger partial charge in [-0.2, -0.15) is 10.4 Å². The summed E-state index contributed by atoms with van der Waals surface area (Å²) in [7, 11) is 0. The largest absolute Gasteiger partial charge is 0.477 e. The maximum atomic E-state index is 12.1. The molecule has 2 aromatic rings. The predicted octanol–water partition coefficient (Wildman–Crippen LogP) is 1.36. The Hall–Kier alpha value is -2.94. The molecule has 0 radical (unpaired) electrons. The quantitative estimate of drug-likeness (QED) is 0.907. The molecular weight excluding hydrogens is 258 g/mol. The molecule has 1 atom stereocenters. The maximum absolute atomic E-state index is 12.1. The van der Waals surface area contributed by atoms with Crippen LogP contribution >= 0.6 is 0 Å². The molecule has 0 spiro atoms. The molecule has 0 amide bonds. The van der Waals surface area contributed by atoms with Crippen LogP contribution in [0, 0.1) is 18.3 Å². The van der Waals surface area contributed by atoms with E-state index in [4.69, 9.17) is 5.11 Å². The third-order valence-electron chi connectivity index (χ3n) is 2.77. The summed E-state index contributed by atoms with van der Waals surface area (Å²) in [4.78, 5) is 23.2. The highest BCUT2D eigenvalue weighted by Gasteiger charge is 2.20. The molecule has 0 aliphatic rings. The Bertz CT molecular complexity index is 744. The van der Waals surface area contributed by atoms with Crippen LogP contribution in [-0.4, -0.2) is 20.9 Å². The predicted molar refractivity (Wildman–Crippen MR) is 70.4 cm³/mol. The Morgan fingerprint density at radius 3 is 2.60 bits per heavy atom. The van der Waals surface area contributed by atoms with Crippen molar-refractivity contribution in [3.63, 3.8) is 0 Å². The zero-order chi connectivity index (χ0) is 14.7. The summed E-state index contributed by atoms with van der Waals surface area (Å²) >= 11 is 0. The number of aromatic carboxylic acids is 1. The summed E-state index contributed by atoms with van der Waals surface area (Å²) in [6.07, 6.45) is 0. The smallest absolute Gasteiger partial charge is 0.341 e. The molecule has 0 aliphatic heterocycles. The van der Waals surface area contributed by atoms with Crippen molar-refractivity contribution in [2.24, 2.45) is 0 Å². The van der Waals surface area contributed by atoms with Crippen LogP contribution in [0.25, 0.3) is 0 Å². The van der Waals surface area contributed by atoms with Gasteiger partial charge in [-0.15, -0.1) is 0 Å². The highest BCUT2D eigenvalue weighted by Crippen LogP contribution is 2.15. The van der Waals surface area contributed by atoms with Crippen molar-refractivity contribution in [1.82, 2.24) is 9.78 Å². The van der Waals surface area contributed by atoms with Gasteiger partial charge in [-0.05, 0) is 18.6 Å². The van der Waals surface area contributed by atoms with E-state index in [1.807, 2.05) is 6.07 Å². The first-order valence-corrected chi connectivity index (χ1v) is 5.83. The molecule has 0 fully saturated rings. The first-order chi connectivity index (χ1) is 9.54. The lowest BCUT2D eigenvalue weighted by Crippen LogP contribution is -2.32. The summed E-state index contributed by atoms with van der Waals surface area (Å²) in [6.45, 7) is 1.57. The van der Waals surface area contributed by atoms with Crippen LogP contribution in [0.15, 0.2) is 41.2 Å². The standard InChI is InChI=1S/C14H11N3O3/c1-9-7-11(14(19)20)13(18)17(16-9)12(8-15)10-5-3-2-4-6-10/h2-7,12H,1H3,(H,19,20). The summed E-state index contributed by atoms with van der Waals surface area (Å²) < 4.78 is 0.911. The second kappa shape index (κ2) is 5.36. The van der Waals surface area contributed by atoms with Gasteiger partial charge in [-0.3, -0.25) is 4.79 Å². The number of hydrogen-bond donors (Lipinski definition) is 1. The van der Waals surface area contributed by atoms with E-state index in [0.29, 0.717) is 11.3 Å². The van der Waals surface area contributed by atoms with Crippen molar-refractivity contribution in [3.05, 3.63) is 63.6 Å². The van der Waals surface area contributed by atoms with Crippen molar-refractivity contribution in [2.45, 2.75) is 13.0 Å². The molecule has 0 aliphatic carbocycles. The van der Waals surface area contributed by atoms with E-state index < -0.39 is 23.1 Å². The van der Waals surface area contributed by atoms with E-state index in [-0.39, 0.29) is 0 Å². The summed E-state index contributed by atoms with van der Waals surface area (Å²) in [5, 5.41) is 22.3. The minimum atomic E-state index is -1.33. The van der Waals surface area contributed by atoms with E-state index in [1.165, 1.54) is 6.07 Å². The Labute approximate surface area is 114 Å². The number of hydrogen-bond acceptors (Lipinski definition) is 4. The van der Waals surface area contributed by atoms with Crippen LogP contribution in [0.1, 0.15) is 27.7 Å². The van der Waals surface area contributed by atoms with Gasteiger partial charge in [0.2, 0.25) is 0 Å². The minimum absolute atomic E-state index is 0.359. The van der Waals surface area contributed by atoms with Gasteiger partial charge in [-0.25, -0.2) is 9.48 Å². The van der Waals surface area contributed by atoms with E-state index in [2.05, 4.69) is 5.10 Å². The zero-order valence-electron chi connectivity index (χ0n) is 10.6. The second-order valence-electron chi connectivity index (χ2n) is 4.20. The molecule has 1 aromatic carbocycles. The van der Waals surface area contributed by atoms with Crippen LogP contribution in [0.2, 0.25) is 0 Å². The summed E-state index contributed by atoms with van der Waals surface area (Å²) in [5.41, 5.74) is -0.253. The maximum Gasteiger partial charge on any atom is 0.341 e. The molecule has 6 nitrogen and oxygen atoms in total. The molecule has 0 saturated carbocycles. The van der Waals surface area contributed by atoms with Crippen LogP contribution < -0.4 is 5.56 Å². The number of aryl methyl sites for hydroxylation is 1. The normalized spacial score (nSPS) is 11.6. The first kappa shape index (κ1) is 13.5. The Morgan fingerprint density at radius 2 is 2.05 bits per heavy atom. The molecule has 20 heavy (non-hydrogen) atoms. The zero-order valence-corrected chi connectivity index (χ0v) is 10.6. The number of rotatable bonds is 3. The van der Waals surface area contributed by atoms with Gasteiger partial charge in [0.15, 0.2) is 6.04 Å². The highest BCUT2D eigenvalue weighted by atomic mass is 16.4. The Morgan fingerprint density at radius 1 is 1.40 bits per heavy atom. The SMILES string of the molecule is Cc1cc(C(=O)O)c(=O)n(C(C#N)c2ccccc2)n1. The number of carboxylic acid groups (broad SMARTS) is 1. The van der Waals surface area contributed by atoms with E-state index >= 15 is 0 Å². The van der Waals surface area contributed by atoms with Gasteiger partial charge in [0, 0.05) is 0 Å². The third-order valence-corrected chi connectivity index (χ3v) is 2.77. The van der Waals surface area contributed by atoms with Gasteiger partial charge < -0.3 is 5.11 Å². The number of nitrogens with zero attached hydrogens (tertiary/aromatic N) is 3. The van der Waals surface area contributed by atoms with Crippen LogP contribution in [-0.2, 0) is 0 Å². The first-order valence-electron chi connectivity index (χ1n) is 5.83. The molecule has 2 rings (SSSR count). The van der Waals surface area contributed by atoms with Gasteiger partial charge in [-0.1, -0.05) is 30.3 Å². The number of nitriles is 1. The Balaban J connectivity index is 2.66. The monoisotopic (exact) mass is 269 g/mol. The van der Waals surface area contributed by atoms with E-state index in [1.54, 1.807) is 37.3 Å². The fourth-order valence-corrected chi connectivity index (χ4v) is 1.87. The molecule has 100 valence electrons. The average molecular weight is 269 g/mol. The molecule has 1 N–H and O–H groups in total. The van der Waals surface area contributed by atoms with Crippen molar-refractivity contribution < 1.29 is 9.90 Å². The van der Waals surface area contributed by atoms with Gasteiger partial charge in [0.1, 0.15) is 5.56 Å². The minimum Gasteiger partial charge on any atom is -0.477 e. The lowest BCUT2D eigenvalue weighted by Gasteiger charge is -2.13. The fourth-order valence-electron chi connectivity index (χ4n) is 1.87. The number of benzene rings is 1. The lowest BCUT2D eigenvalue weighted by molar-refractivity contribution is 0.0693. The van der Waals surface area contributed by atoms with Crippen molar-refractivity contribution in [3.8, 4) is 6.07 Å². The van der Waals surface area contributed by atoms with Crippen LogP contribution in [0.4, 0.5) is 0 Å². The summed E-state index contributed by atoms with van der Waals surface area (Å²) in [6, 6.07) is 10.8. The average Bonchev–Trinajstić information content (AvgIpc) is 2.44. The third kappa shape index (κ3) is 2.42. The topological polar surface area (TPSA) is 96.0 Å². The Kier molecular flexibility index (Phi) is 3.62. The van der Waals surface area contributed by atoms with E-state index in [9.17, 15) is 14.9 Å². The molecule has 1 aromatic heterocycles. The molecule has 1 heterocycles. The van der Waals surface area contributed by atoms with Crippen molar-refractivity contribution in [1.29, 1.82) is 5.26 Å². The van der Waals surface area contributed by atoms with E-state index in [0.717, 1.165) is 4.68 Å². The number of carbonyl (C=O) groups is 1. The number of aromatic nitrogens is 2. The molecule has 1 unspecified atom stereocenters. The van der Waals surface area contributed by atoms with Crippen molar-refractivity contribution >= 4 is 5.97 Å². The molecule has 0 saturated heterocycles. The lowest BCUT2D eigenvalue weighted by atomic mass is 10.1. The van der Waals surface area contributed by atoms with Crippen LogP contribution in [0.5, 0.6) is 0 Å².